The van der Waals surface area contributed by atoms with Gasteiger partial charge in [0, 0.05) is 36.8 Å². The van der Waals surface area contributed by atoms with Crippen molar-refractivity contribution in [3.8, 4) is 11.8 Å². The highest BCUT2D eigenvalue weighted by Crippen LogP contribution is 2.13. The largest absolute Gasteiger partial charge is 0.351 e. The van der Waals surface area contributed by atoms with Gasteiger partial charge in [0.1, 0.15) is 5.84 Å². The van der Waals surface area contributed by atoms with Crippen molar-refractivity contribution in [3.63, 3.8) is 0 Å². The van der Waals surface area contributed by atoms with Crippen LogP contribution in [0.4, 0.5) is 4.79 Å². The number of urea groups is 1. The lowest BCUT2D eigenvalue weighted by Crippen LogP contribution is -2.53. The van der Waals surface area contributed by atoms with Crippen LogP contribution in [0.3, 0.4) is 0 Å². The summed E-state index contributed by atoms with van der Waals surface area (Å²) in [6.45, 7) is 4.75. The first-order chi connectivity index (χ1) is 12.1. The molecule has 25 heavy (non-hydrogen) atoms. The first kappa shape index (κ1) is 17.0. The van der Waals surface area contributed by atoms with Crippen molar-refractivity contribution >= 4 is 17.8 Å². The highest BCUT2D eigenvalue weighted by atomic mass is 16.2. The fraction of sp³-hybridized carbons (Fsp3) is 0.389. The highest BCUT2D eigenvalue weighted by Gasteiger charge is 2.27. The van der Waals surface area contributed by atoms with Gasteiger partial charge in [0.2, 0.25) is 0 Å². The summed E-state index contributed by atoms with van der Waals surface area (Å²) in [7, 11) is 0. The third kappa shape index (κ3) is 3.80. The topological polar surface area (TPSA) is 97.3 Å². The Morgan fingerprint density at radius 3 is 2.72 bits per heavy atom. The predicted octanol–water partition coefficient (Wildman–Crippen LogP) is 0.255. The molecule has 2 aliphatic heterocycles. The van der Waals surface area contributed by atoms with Gasteiger partial charge in [-0.15, -0.1) is 0 Å². The minimum atomic E-state index is -0.809. The van der Waals surface area contributed by atoms with E-state index in [4.69, 9.17) is 5.41 Å². The number of hydrogen-bond donors (Lipinski definition) is 4. The number of carbonyl (C=O) groups excluding carboxylic acids is 2. The van der Waals surface area contributed by atoms with Crippen LogP contribution in [0.1, 0.15) is 24.5 Å². The maximum Gasteiger partial charge on any atom is 0.322 e. The second-order valence-electron chi connectivity index (χ2n) is 6.05. The zero-order valence-electron chi connectivity index (χ0n) is 14.1. The van der Waals surface area contributed by atoms with Crippen LogP contribution in [-0.4, -0.2) is 54.4 Å². The van der Waals surface area contributed by atoms with Gasteiger partial charge < -0.3 is 15.5 Å². The summed E-state index contributed by atoms with van der Waals surface area (Å²) in [5, 5.41) is 16.4. The Balaban J connectivity index is 1.69. The van der Waals surface area contributed by atoms with Gasteiger partial charge in [-0.3, -0.25) is 15.5 Å². The summed E-state index contributed by atoms with van der Waals surface area (Å²) in [4.78, 5) is 24.6. The average Bonchev–Trinajstić information content (AvgIpc) is 2.97. The summed E-state index contributed by atoms with van der Waals surface area (Å²) in [5.74, 6) is 5.72. The van der Waals surface area contributed by atoms with Gasteiger partial charge in [-0.25, -0.2) is 4.79 Å². The number of rotatable bonds is 2. The lowest BCUT2D eigenvalue weighted by molar-refractivity contribution is -0.119. The van der Waals surface area contributed by atoms with Crippen LogP contribution < -0.4 is 16.0 Å². The highest BCUT2D eigenvalue weighted by molar-refractivity contribution is 6.05. The normalized spacial score (nSPS) is 22.7. The number of hydrogen-bond acceptors (Lipinski definition) is 4. The molecule has 2 atom stereocenters. The van der Waals surface area contributed by atoms with Crippen molar-refractivity contribution in [1.82, 2.24) is 20.9 Å². The summed E-state index contributed by atoms with van der Waals surface area (Å²) in [6, 6.07) is 6.41. The quantitative estimate of drug-likeness (QED) is 0.269. The van der Waals surface area contributed by atoms with Crippen LogP contribution in [0.25, 0.3) is 0 Å². The number of nitrogens with zero attached hydrogens (tertiary/aromatic N) is 1. The molecule has 2 heterocycles. The van der Waals surface area contributed by atoms with E-state index >= 15 is 0 Å². The van der Waals surface area contributed by atoms with Gasteiger partial charge in [0.05, 0.1) is 0 Å². The minimum absolute atomic E-state index is 0.338. The molecule has 7 nitrogen and oxygen atoms in total. The van der Waals surface area contributed by atoms with Crippen molar-refractivity contribution in [2.24, 2.45) is 0 Å². The summed E-state index contributed by atoms with van der Waals surface area (Å²) >= 11 is 0. The van der Waals surface area contributed by atoms with E-state index in [-0.39, 0.29) is 0 Å². The number of amidine groups is 1. The van der Waals surface area contributed by atoms with Crippen LogP contribution in [-0.2, 0) is 4.79 Å². The molecule has 2 unspecified atom stereocenters. The third-order valence-corrected chi connectivity index (χ3v) is 4.40. The standard InChI is InChI=1S/C18H21N5O2/c1-2-14-11-20-9-10-23(14)16(19)13-6-3-12(4-7-13)5-8-15-17(24)22-18(25)21-15/h3-4,6-7,14-15,19-20H,2,9-11H2,1H3,(H2,21,22,24,25). The smallest absolute Gasteiger partial charge is 0.322 e. The van der Waals surface area contributed by atoms with E-state index < -0.39 is 18.0 Å². The predicted molar refractivity (Wildman–Crippen MR) is 94.3 cm³/mol. The molecule has 0 saturated carbocycles. The molecule has 3 rings (SSSR count). The van der Waals surface area contributed by atoms with E-state index in [9.17, 15) is 9.59 Å². The van der Waals surface area contributed by atoms with Crippen LogP contribution >= 0.6 is 0 Å². The molecule has 1 aromatic carbocycles. The first-order valence-electron chi connectivity index (χ1n) is 8.37. The second kappa shape index (κ2) is 7.36. The van der Waals surface area contributed by atoms with E-state index in [1.165, 1.54) is 0 Å². The van der Waals surface area contributed by atoms with E-state index in [1.807, 2.05) is 24.3 Å². The van der Waals surface area contributed by atoms with Crippen molar-refractivity contribution in [2.75, 3.05) is 19.6 Å². The zero-order valence-corrected chi connectivity index (χ0v) is 14.1. The number of piperazine rings is 1. The SMILES string of the molecule is CCC1CNCCN1C(=N)c1ccc(C#CC2NC(=O)NC2=O)cc1. The average molecular weight is 339 g/mol. The van der Waals surface area contributed by atoms with E-state index in [1.54, 1.807) is 0 Å². The Hall–Kier alpha value is -2.85. The van der Waals surface area contributed by atoms with E-state index in [0.717, 1.165) is 37.2 Å². The van der Waals surface area contributed by atoms with Crippen molar-refractivity contribution < 1.29 is 9.59 Å². The fourth-order valence-corrected chi connectivity index (χ4v) is 2.97. The molecular weight excluding hydrogens is 318 g/mol. The van der Waals surface area contributed by atoms with E-state index in [0.29, 0.717) is 11.9 Å². The molecular formula is C18H21N5O2. The zero-order chi connectivity index (χ0) is 17.8. The van der Waals surface area contributed by atoms with Gasteiger partial charge in [-0.05, 0) is 18.6 Å². The Labute approximate surface area is 146 Å². The number of carbonyl (C=O) groups is 2. The van der Waals surface area contributed by atoms with Crippen molar-refractivity contribution in [2.45, 2.75) is 25.4 Å². The third-order valence-electron chi connectivity index (χ3n) is 4.40. The second-order valence-corrected chi connectivity index (χ2v) is 6.05. The summed E-state index contributed by atoms with van der Waals surface area (Å²) in [5.41, 5.74) is 1.58. The molecule has 0 radical (unpaired) electrons. The van der Waals surface area contributed by atoms with E-state index in [2.05, 4.69) is 39.6 Å². The lowest BCUT2D eigenvalue weighted by atomic mass is 10.1. The van der Waals surface area contributed by atoms with Gasteiger partial charge in [-0.1, -0.05) is 30.9 Å². The maximum absolute atomic E-state index is 11.4. The molecule has 7 heteroatoms. The molecule has 3 amide bonds. The van der Waals surface area contributed by atoms with Crippen LogP contribution in [0.2, 0.25) is 0 Å². The molecule has 130 valence electrons. The molecule has 0 aliphatic carbocycles. The van der Waals surface area contributed by atoms with Gasteiger partial charge in [0.15, 0.2) is 6.04 Å². The Morgan fingerprint density at radius 2 is 2.08 bits per heavy atom. The van der Waals surface area contributed by atoms with Gasteiger partial charge in [-0.2, -0.15) is 0 Å². The fourth-order valence-electron chi connectivity index (χ4n) is 2.97. The molecule has 0 aromatic heterocycles. The van der Waals surface area contributed by atoms with Crippen LogP contribution in [0, 0.1) is 17.3 Å². The Morgan fingerprint density at radius 1 is 1.32 bits per heavy atom. The maximum atomic E-state index is 11.4. The first-order valence-corrected chi connectivity index (χ1v) is 8.37. The summed E-state index contributed by atoms with van der Waals surface area (Å²) < 4.78 is 0. The number of benzene rings is 1. The van der Waals surface area contributed by atoms with Crippen molar-refractivity contribution in [1.29, 1.82) is 5.41 Å². The lowest BCUT2D eigenvalue weighted by Gasteiger charge is -2.37. The molecule has 4 N–H and O–H groups in total. The molecule has 0 spiro atoms. The van der Waals surface area contributed by atoms with Crippen molar-refractivity contribution in [3.05, 3.63) is 35.4 Å². The molecule has 2 fully saturated rings. The Kier molecular flexibility index (Phi) is 5.00. The molecule has 0 bridgehead atoms. The van der Waals surface area contributed by atoms with Crippen LogP contribution in [0.5, 0.6) is 0 Å². The number of imide groups is 1. The summed E-state index contributed by atoms with van der Waals surface area (Å²) in [6.07, 6.45) is 0.994. The Bertz CT molecular complexity index is 747. The number of amides is 3. The molecule has 2 saturated heterocycles. The monoisotopic (exact) mass is 339 g/mol. The molecule has 2 aliphatic rings. The minimum Gasteiger partial charge on any atom is -0.351 e. The number of nitrogens with one attached hydrogen (secondary N) is 4. The van der Waals surface area contributed by atoms with Gasteiger partial charge >= 0.3 is 6.03 Å². The molecule has 1 aromatic rings. The van der Waals surface area contributed by atoms with Crippen LogP contribution in [0.15, 0.2) is 24.3 Å². The van der Waals surface area contributed by atoms with Gasteiger partial charge in [0.25, 0.3) is 5.91 Å².